The molecule has 0 aliphatic rings. The molecule has 0 saturated carbocycles. The van der Waals surface area contributed by atoms with Gasteiger partial charge in [0, 0.05) is 5.02 Å². The highest BCUT2D eigenvalue weighted by Crippen LogP contribution is 2.23. The number of aliphatic hydroxyl groups is 1. The molecule has 0 aliphatic heterocycles. The number of benzene rings is 1. The van der Waals surface area contributed by atoms with E-state index < -0.39 is 5.60 Å². The number of hydrogen-bond donors (Lipinski definition) is 1. The number of halogens is 1. The van der Waals surface area contributed by atoms with Gasteiger partial charge in [-0.05, 0) is 44.0 Å². The second-order valence-corrected chi connectivity index (χ2v) is 4.49. The summed E-state index contributed by atoms with van der Waals surface area (Å²) in [5.41, 5.74) is 0.209. The molecule has 3 heteroatoms. The van der Waals surface area contributed by atoms with Gasteiger partial charge >= 0.3 is 0 Å². The van der Waals surface area contributed by atoms with Crippen molar-refractivity contribution in [3.8, 4) is 5.75 Å². The van der Waals surface area contributed by atoms with Crippen LogP contribution < -0.4 is 4.74 Å². The monoisotopic (exact) mass is 228 g/mol. The van der Waals surface area contributed by atoms with Crippen LogP contribution in [0.4, 0.5) is 0 Å². The molecule has 2 nitrogen and oxygen atoms in total. The Kier molecular flexibility index (Phi) is 4.00. The van der Waals surface area contributed by atoms with E-state index in [1.54, 1.807) is 13.0 Å². The highest BCUT2D eigenvalue weighted by molar-refractivity contribution is 6.30. The summed E-state index contributed by atoms with van der Waals surface area (Å²) in [5.74, 6) is 0.771. The summed E-state index contributed by atoms with van der Waals surface area (Å²) < 4.78 is 5.54. The Morgan fingerprint density at radius 3 is 2.67 bits per heavy atom. The molecule has 1 rings (SSSR count). The normalized spacial score (nSPS) is 14.7. The van der Waals surface area contributed by atoms with Crippen molar-refractivity contribution in [3.05, 3.63) is 28.8 Å². The molecule has 0 heterocycles. The molecule has 0 amide bonds. The summed E-state index contributed by atoms with van der Waals surface area (Å²) in [6.07, 6.45) is 0.666. The first kappa shape index (κ1) is 12.3. The van der Waals surface area contributed by atoms with E-state index >= 15 is 0 Å². The zero-order chi connectivity index (χ0) is 11.5. The molecule has 1 atom stereocenters. The van der Waals surface area contributed by atoms with Gasteiger partial charge in [-0.2, -0.15) is 0 Å². The maximum atomic E-state index is 9.78. The smallest absolute Gasteiger partial charge is 0.122 e. The van der Waals surface area contributed by atoms with Gasteiger partial charge in [-0.15, -0.1) is 0 Å². The van der Waals surface area contributed by atoms with E-state index in [1.807, 2.05) is 26.0 Å². The Morgan fingerprint density at radius 1 is 1.47 bits per heavy atom. The Balaban J connectivity index is 2.66. The average Bonchev–Trinajstić information content (AvgIpc) is 2.16. The van der Waals surface area contributed by atoms with Crippen molar-refractivity contribution in [2.75, 3.05) is 6.61 Å². The van der Waals surface area contributed by atoms with Crippen LogP contribution in [-0.2, 0) is 0 Å². The number of aryl methyl sites for hydroxylation is 1. The summed E-state index contributed by atoms with van der Waals surface area (Å²) in [4.78, 5) is 0. The van der Waals surface area contributed by atoms with Crippen molar-refractivity contribution in [1.82, 2.24) is 0 Å². The van der Waals surface area contributed by atoms with E-state index in [0.29, 0.717) is 18.1 Å². The molecule has 0 saturated heterocycles. The van der Waals surface area contributed by atoms with Gasteiger partial charge in [-0.1, -0.05) is 18.5 Å². The first-order chi connectivity index (χ1) is 6.94. The van der Waals surface area contributed by atoms with Crippen molar-refractivity contribution >= 4 is 11.6 Å². The van der Waals surface area contributed by atoms with E-state index in [0.717, 1.165) is 11.3 Å². The third-order valence-electron chi connectivity index (χ3n) is 2.44. The van der Waals surface area contributed by atoms with Crippen molar-refractivity contribution in [2.24, 2.45) is 0 Å². The maximum Gasteiger partial charge on any atom is 0.122 e. The first-order valence-electron chi connectivity index (χ1n) is 5.06. The van der Waals surface area contributed by atoms with Crippen LogP contribution >= 0.6 is 11.6 Å². The maximum absolute atomic E-state index is 9.78. The molecule has 0 fully saturated rings. The fourth-order valence-corrected chi connectivity index (χ4v) is 1.34. The van der Waals surface area contributed by atoms with Crippen LogP contribution in [0.25, 0.3) is 0 Å². The fourth-order valence-electron chi connectivity index (χ4n) is 1.11. The predicted molar refractivity (Wildman–Crippen MR) is 62.6 cm³/mol. The Hall–Kier alpha value is -0.730. The lowest BCUT2D eigenvalue weighted by atomic mass is 10.1. The van der Waals surface area contributed by atoms with Crippen molar-refractivity contribution in [3.63, 3.8) is 0 Å². The van der Waals surface area contributed by atoms with E-state index in [9.17, 15) is 5.11 Å². The molecule has 0 spiro atoms. The van der Waals surface area contributed by atoms with Crippen molar-refractivity contribution in [1.29, 1.82) is 0 Å². The molecular weight excluding hydrogens is 212 g/mol. The quantitative estimate of drug-likeness (QED) is 0.858. The Morgan fingerprint density at radius 2 is 2.13 bits per heavy atom. The molecule has 0 bridgehead atoms. The van der Waals surface area contributed by atoms with Crippen LogP contribution in [0, 0.1) is 6.92 Å². The lowest BCUT2D eigenvalue weighted by Crippen LogP contribution is -2.31. The predicted octanol–water partition coefficient (Wildman–Crippen LogP) is 3.19. The lowest BCUT2D eigenvalue weighted by Gasteiger charge is -2.22. The summed E-state index contributed by atoms with van der Waals surface area (Å²) in [6, 6.07) is 5.45. The summed E-state index contributed by atoms with van der Waals surface area (Å²) in [6.45, 7) is 5.92. The van der Waals surface area contributed by atoms with Crippen LogP contribution in [0.3, 0.4) is 0 Å². The number of ether oxygens (including phenoxy) is 1. The van der Waals surface area contributed by atoms with Gasteiger partial charge in [-0.25, -0.2) is 0 Å². The average molecular weight is 229 g/mol. The standard InChI is InChI=1S/C12H17ClO2/c1-4-12(3,14)8-15-11-6-5-10(13)7-9(11)2/h5-7,14H,4,8H2,1-3H3. The van der Waals surface area contributed by atoms with E-state index in [4.69, 9.17) is 16.3 Å². The van der Waals surface area contributed by atoms with Crippen molar-refractivity contribution < 1.29 is 9.84 Å². The highest BCUT2D eigenvalue weighted by atomic mass is 35.5. The molecule has 84 valence electrons. The van der Waals surface area contributed by atoms with Gasteiger partial charge in [-0.3, -0.25) is 0 Å². The second-order valence-electron chi connectivity index (χ2n) is 4.05. The summed E-state index contributed by atoms with van der Waals surface area (Å²) in [5, 5.41) is 10.5. The van der Waals surface area contributed by atoms with Crippen LogP contribution in [0.2, 0.25) is 5.02 Å². The molecule has 1 N–H and O–H groups in total. The second kappa shape index (κ2) is 4.86. The molecule has 0 aromatic heterocycles. The van der Waals surface area contributed by atoms with Crippen LogP contribution in [0.15, 0.2) is 18.2 Å². The summed E-state index contributed by atoms with van der Waals surface area (Å²) in [7, 11) is 0. The molecule has 15 heavy (non-hydrogen) atoms. The minimum atomic E-state index is -0.772. The van der Waals surface area contributed by atoms with E-state index in [-0.39, 0.29) is 0 Å². The third-order valence-corrected chi connectivity index (χ3v) is 2.67. The topological polar surface area (TPSA) is 29.5 Å². The SMILES string of the molecule is CCC(C)(O)COc1ccc(Cl)cc1C. The fraction of sp³-hybridized carbons (Fsp3) is 0.500. The number of rotatable bonds is 4. The van der Waals surface area contributed by atoms with E-state index in [1.165, 1.54) is 0 Å². The minimum Gasteiger partial charge on any atom is -0.490 e. The van der Waals surface area contributed by atoms with Gasteiger partial charge in [0.1, 0.15) is 12.4 Å². The lowest BCUT2D eigenvalue weighted by molar-refractivity contribution is 0.00828. The summed E-state index contributed by atoms with van der Waals surface area (Å²) >= 11 is 5.83. The van der Waals surface area contributed by atoms with Crippen LogP contribution in [-0.4, -0.2) is 17.3 Å². The zero-order valence-corrected chi connectivity index (χ0v) is 10.1. The van der Waals surface area contributed by atoms with Gasteiger partial charge < -0.3 is 9.84 Å². The van der Waals surface area contributed by atoms with Crippen LogP contribution in [0.1, 0.15) is 25.8 Å². The van der Waals surface area contributed by atoms with E-state index in [2.05, 4.69) is 0 Å². The molecule has 0 radical (unpaired) electrons. The Labute approximate surface area is 95.8 Å². The third kappa shape index (κ3) is 3.73. The highest BCUT2D eigenvalue weighted by Gasteiger charge is 2.18. The van der Waals surface area contributed by atoms with Crippen LogP contribution in [0.5, 0.6) is 5.75 Å². The molecule has 0 aliphatic carbocycles. The zero-order valence-electron chi connectivity index (χ0n) is 9.38. The first-order valence-corrected chi connectivity index (χ1v) is 5.44. The van der Waals surface area contributed by atoms with Gasteiger partial charge in [0.2, 0.25) is 0 Å². The molecule has 1 aromatic carbocycles. The number of hydrogen-bond acceptors (Lipinski definition) is 2. The van der Waals surface area contributed by atoms with Gasteiger partial charge in [0.05, 0.1) is 5.60 Å². The molecular formula is C12H17ClO2. The van der Waals surface area contributed by atoms with Gasteiger partial charge in [0.25, 0.3) is 0 Å². The molecule has 1 aromatic rings. The Bertz CT molecular complexity index is 334. The largest absolute Gasteiger partial charge is 0.490 e. The minimum absolute atomic E-state index is 0.298. The van der Waals surface area contributed by atoms with Gasteiger partial charge in [0.15, 0.2) is 0 Å². The van der Waals surface area contributed by atoms with Crippen molar-refractivity contribution in [2.45, 2.75) is 32.8 Å². The molecule has 1 unspecified atom stereocenters.